The van der Waals surface area contributed by atoms with Crippen LogP contribution in [0, 0.1) is 5.82 Å². The van der Waals surface area contributed by atoms with Crippen LogP contribution in [0.25, 0.3) is 11.1 Å². The van der Waals surface area contributed by atoms with E-state index < -0.39 is 0 Å². The fraction of sp³-hybridized carbons (Fsp3) is 0.350. The summed E-state index contributed by atoms with van der Waals surface area (Å²) in [5.74, 6) is -0.219. The van der Waals surface area contributed by atoms with Crippen molar-refractivity contribution in [3.05, 3.63) is 53.8 Å². The molecule has 2 unspecified atom stereocenters. The zero-order valence-electron chi connectivity index (χ0n) is 14.9. The number of nitrogens with one attached hydrogen (secondary N) is 1. The molecule has 1 N–H and O–H groups in total. The number of fused-ring (bicyclic) bond motifs is 1. The van der Waals surface area contributed by atoms with E-state index in [0.717, 1.165) is 16.7 Å². The Morgan fingerprint density at radius 1 is 1.15 bits per heavy atom. The molecule has 0 spiro atoms. The van der Waals surface area contributed by atoms with Crippen molar-refractivity contribution in [1.29, 1.82) is 0 Å². The first-order chi connectivity index (χ1) is 12.6. The maximum atomic E-state index is 14.6. The Bertz CT molecular complexity index is 868. The smallest absolute Gasteiger partial charge is 0.295 e. The third kappa shape index (κ3) is 3.51. The highest BCUT2D eigenvalue weighted by Gasteiger charge is 2.24. The monoisotopic (exact) mass is 355 g/mol. The average molecular weight is 355 g/mol. The van der Waals surface area contributed by atoms with Gasteiger partial charge < -0.3 is 19.4 Å². The zero-order valence-corrected chi connectivity index (χ0v) is 14.9. The Morgan fingerprint density at radius 2 is 1.92 bits per heavy atom. The first kappa shape index (κ1) is 16.8. The summed E-state index contributed by atoms with van der Waals surface area (Å²) in [5, 5.41) is 3.11. The number of para-hydroxylation sites is 2. The number of ether oxygens (including phenoxy) is 1. The summed E-state index contributed by atoms with van der Waals surface area (Å²) in [6.07, 6.45) is 0.192. The number of nitrogens with zero attached hydrogens (tertiary/aromatic N) is 2. The summed E-state index contributed by atoms with van der Waals surface area (Å²) in [7, 11) is 0. The predicted molar refractivity (Wildman–Crippen MR) is 100.0 cm³/mol. The van der Waals surface area contributed by atoms with Gasteiger partial charge in [0.25, 0.3) is 6.01 Å². The molecule has 2 atom stereocenters. The number of aromatic nitrogens is 1. The highest BCUT2D eigenvalue weighted by Crippen LogP contribution is 2.25. The van der Waals surface area contributed by atoms with Crippen LogP contribution >= 0.6 is 0 Å². The Labute approximate surface area is 151 Å². The van der Waals surface area contributed by atoms with Crippen LogP contribution in [0.5, 0.6) is 0 Å². The van der Waals surface area contributed by atoms with Crippen molar-refractivity contribution in [2.24, 2.45) is 0 Å². The van der Waals surface area contributed by atoms with Crippen molar-refractivity contribution in [3.63, 3.8) is 0 Å². The van der Waals surface area contributed by atoms with Gasteiger partial charge in [0, 0.05) is 19.6 Å². The van der Waals surface area contributed by atoms with Crippen molar-refractivity contribution in [1.82, 2.24) is 4.98 Å². The second kappa shape index (κ2) is 6.96. The van der Waals surface area contributed by atoms with Gasteiger partial charge in [-0.15, -0.1) is 0 Å². The van der Waals surface area contributed by atoms with Crippen molar-refractivity contribution >= 4 is 22.8 Å². The van der Waals surface area contributed by atoms with E-state index >= 15 is 0 Å². The standard InChI is InChI=1S/C20H22FN3O2/c1-13-11-24(12-14(2)25-13)18-8-7-15(9-16(18)21)10-22-20-23-17-5-3-4-6-19(17)26-20/h3-9,13-14H,10-12H2,1-2H3,(H,22,23). The number of halogens is 1. The van der Waals surface area contributed by atoms with E-state index in [4.69, 9.17) is 9.15 Å². The minimum atomic E-state index is -0.219. The number of hydrogen-bond acceptors (Lipinski definition) is 5. The van der Waals surface area contributed by atoms with Gasteiger partial charge >= 0.3 is 0 Å². The van der Waals surface area contributed by atoms with E-state index in [1.54, 1.807) is 6.07 Å². The first-order valence-electron chi connectivity index (χ1n) is 8.87. The van der Waals surface area contributed by atoms with E-state index in [2.05, 4.69) is 10.3 Å². The first-order valence-corrected chi connectivity index (χ1v) is 8.87. The van der Waals surface area contributed by atoms with Crippen molar-refractivity contribution in [3.8, 4) is 0 Å². The highest BCUT2D eigenvalue weighted by molar-refractivity contribution is 5.74. The molecular formula is C20H22FN3O2. The topological polar surface area (TPSA) is 50.5 Å². The van der Waals surface area contributed by atoms with Crippen LogP contribution in [0.3, 0.4) is 0 Å². The van der Waals surface area contributed by atoms with Gasteiger partial charge in [0.15, 0.2) is 5.58 Å². The Balaban J connectivity index is 1.45. The van der Waals surface area contributed by atoms with Gasteiger partial charge in [0.1, 0.15) is 11.3 Å². The number of morpholine rings is 1. The molecule has 1 aliphatic heterocycles. The number of benzene rings is 2. The van der Waals surface area contributed by atoms with Gasteiger partial charge in [0.2, 0.25) is 0 Å². The number of oxazole rings is 1. The summed E-state index contributed by atoms with van der Waals surface area (Å²) < 4.78 is 26.0. The van der Waals surface area contributed by atoms with E-state index in [0.29, 0.717) is 31.3 Å². The Morgan fingerprint density at radius 3 is 2.65 bits per heavy atom. The lowest BCUT2D eigenvalue weighted by atomic mass is 10.1. The largest absolute Gasteiger partial charge is 0.424 e. The fourth-order valence-electron chi connectivity index (χ4n) is 3.42. The fourth-order valence-corrected chi connectivity index (χ4v) is 3.42. The van der Waals surface area contributed by atoms with Gasteiger partial charge in [-0.05, 0) is 43.7 Å². The van der Waals surface area contributed by atoms with Gasteiger partial charge in [-0.3, -0.25) is 0 Å². The van der Waals surface area contributed by atoms with Gasteiger partial charge in [-0.1, -0.05) is 18.2 Å². The molecule has 2 aromatic carbocycles. The summed E-state index contributed by atoms with van der Waals surface area (Å²) in [6.45, 7) is 5.86. The van der Waals surface area contributed by atoms with Crippen LogP contribution < -0.4 is 10.2 Å². The van der Waals surface area contributed by atoms with Crippen LogP contribution in [0.4, 0.5) is 16.1 Å². The molecule has 1 aromatic heterocycles. The molecule has 0 amide bonds. The van der Waals surface area contributed by atoms with Crippen molar-refractivity contribution < 1.29 is 13.5 Å². The lowest BCUT2D eigenvalue weighted by Crippen LogP contribution is -2.45. The summed E-state index contributed by atoms with van der Waals surface area (Å²) >= 11 is 0. The zero-order chi connectivity index (χ0) is 18.1. The molecular weight excluding hydrogens is 333 g/mol. The SMILES string of the molecule is CC1CN(c2ccc(CNc3nc4ccccc4o3)cc2F)CC(C)O1. The van der Waals surface area contributed by atoms with Crippen molar-refractivity contribution in [2.45, 2.75) is 32.6 Å². The molecule has 2 heterocycles. The highest BCUT2D eigenvalue weighted by atomic mass is 19.1. The van der Waals surface area contributed by atoms with Gasteiger partial charge in [-0.2, -0.15) is 4.98 Å². The molecule has 5 nitrogen and oxygen atoms in total. The van der Waals surface area contributed by atoms with E-state index in [9.17, 15) is 4.39 Å². The van der Waals surface area contributed by atoms with Crippen LogP contribution in [0.15, 0.2) is 46.9 Å². The predicted octanol–water partition coefficient (Wildman–Crippen LogP) is 4.19. The summed E-state index contributed by atoms with van der Waals surface area (Å²) in [4.78, 5) is 6.41. The van der Waals surface area contributed by atoms with E-state index in [-0.39, 0.29) is 18.0 Å². The number of anilines is 2. The normalized spacial score (nSPS) is 20.5. The molecule has 136 valence electrons. The second-order valence-electron chi connectivity index (χ2n) is 6.79. The average Bonchev–Trinajstić information content (AvgIpc) is 3.02. The third-order valence-corrected chi connectivity index (χ3v) is 4.51. The Hall–Kier alpha value is -2.60. The molecule has 4 rings (SSSR count). The maximum Gasteiger partial charge on any atom is 0.295 e. The molecule has 0 saturated carbocycles. The molecule has 1 aliphatic rings. The summed E-state index contributed by atoms with van der Waals surface area (Å²) in [5.41, 5.74) is 2.99. The quantitative estimate of drug-likeness (QED) is 0.760. The molecule has 0 radical (unpaired) electrons. The van der Waals surface area contributed by atoms with Crippen LogP contribution in [0.2, 0.25) is 0 Å². The van der Waals surface area contributed by atoms with Crippen LogP contribution in [0.1, 0.15) is 19.4 Å². The lowest BCUT2D eigenvalue weighted by Gasteiger charge is -2.37. The molecule has 0 bridgehead atoms. The molecule has 6 heteroatoms. The molecule has 0 aliphatic carbocycles. The van der Waals surface area contributed by atoms with Crippen LogP contribution in [-0.2, 0) is 11.3 Å². The minimum absolute atomic E-state index is 0.0960. The molecule has 3 aromatic rings. The Kier molecular flexibility index (Phi) is 4.51. The molecule has 1 saturated heterocycles. The van der Waals surface area contributed by atoms with E-state index in [1.807, 2.05) is 55.1 Å². The third-order valence-electron chi connectivity index (χ3n) is 4.51. The second-order valence-corrected chi connectivity index (χ2v) is 6.79. The number of hydrogen-bond donors (Lipinski definition) is 1. The molecule has 1 fully saturated rings. The number of rotatable bonds is 4. The van der Waals surface area contributed by atoms with Crippen LogP contribution in [-0.4, -0.2) is 30.3 Å². The minimum Gasteiger partial charge on any atom is -0.424 e. The maximum absolute atomic E-state index is 14.6. The van der Waals surface area contributed by atoms with Crippen molar-refractivity contribution in [2.75, 3.05) is 23.3 Å². The lowest BCUT2D eigenvalue weighted by molar-refractivity contribution is -0.00539. The molecule has 26 heavy (non-hydrogen) atoms. The van der Waals surface area contributed by atoms with Gasteiger partial charge in [0.05, 0.1) is 17.9 Å². The van der Waals surface area contributed by atoms with Gasteiger partial charge in [-0.25, -0.2) is 4.39 Å². The van der Waals surface area contributed by atoms with E-state index in [1.165, 1.54) is 0 Å². The summed E-state index contributed by atoms with van der Waals surface area (Å²) in [6, 6.07) is 13.3.